The summed E-state index contributed by atoms with van der Waals surface area (Å²) in [6.45, 7) is 9.86. The van der Waals surface area contributed by atoms with E-state index in [1.54, 1.807) is 7.11 Å². The zero-order valence-corrected chi connectivity index (χ0v) is 11.8. The van der Waals surface area contributed by atoms with Gasteiger partial charge in [0.15, 0.2) is 0 Å². The molecule has 0 unspecified atom stereocenters. The van der Waals surface area contributed by atoms with E-state index in [1.165, 1.54) is 38.5 Å². The maximum absolute atomic E-state index is 5.02. The van der Waals surface area contributed by atoms with Crippen LogP contribution in [0.5, 0.6) is 0 Å². The van der Waals surface area contributed by atoms with E-state index < -0.39 is 0 Å². The molecule has 0 bridgehead atoms. The van der Waals surface area contributed by atoms with E-state index in [2.05, 4.69) is 26.1 Å². The summed E-state index contributed by atoms with van der Waals surface area (Å²) in [5, 5.41) is 3.45. The second-order valence-electron chi connectivity index (χ2n) is 5.50. The van der Waals surface area contributed by atoms with E-state index in [0.717, 1.165) is 19.7 Å². The molecule has 16 heavy (non-hydrogen) atoms. The lowest BCUT2D eigenvalue weighted by Gasteiger charge is -2.25. The van der Waals surface area contributed by atoms with Gasteiger partial charge < -0.3 is 10.1 Å². The van der Waals surface area contributed by atoms with Gasteiger partial charge in [-0.15, -0.1) is 0 Å². The molecular weight excluding hydrogens is 198 g/mol. The van der Waals surface area contributed by atoms with Crippen molar-refractivity contribution in [1.29, 1.82) is 0 Å². The van der Waals surface area contributed by atoms with Crippen molar-refractivity contribution in [1.82, 2.24) is 5.32 Å². The number of hydrogen-bond donors (Lipinski definition) is 1. The molecule has 0 fully saturated rings. The summed E-state index contributed by atoms with van der Waals surface area (Å²) in [6.07, 6.45) is 8.24. The molecule has 0 aromatic heterocycles. The van der Waals surface area contributed by atoms with Crippen molar-refractivity contribution in [3.05, 3.63) is 0 Å². The molecule has 0 aliphatic rings. The highest BCUT2D eigenvalue weighted by atomic mass is 16.5. The fourth-order valence-electron chi connectivity index (χ4n) is 1.90. The first kappa shape index (κ1) is 15.9. The van der Waals surface area contributed by atoms with Gasteiger partial charge in [-0.3, -0.25) is 0 Å². The molecule has 2 nitrogen and oxygen atoms in total. The maximum Gasteiger partial charge on any atom is 0.0587 e. The summed E-state index contributed by atoms with van der Waals surface area (Å²) in [4.78, 5) is 0. The number of nitrogens with one attached hydrogen (secondary N) is 1. The average molecular weight is 229 g/mol. The zero-order chi connectivity index (χ0) is 12.3. The Labute approximate surface area is 102 Å². The summed E-state index contributed by atoms with van der Waals surface area (Å²) in [5.74, 6) is 0. The molecule has 2 heteroatoms. The van der Waals surface area contributed by atoms with Gasteiger partial charge in [-0.1, -0.05) is 52.9 Å². The Morgan fingerprint density at radius 2 is 1.75 bits per heavy atom. The maximum atomic E-state index is 5.02. The van der Waals surface area contributed by atoms with Gasteiger partial charge in [0, 0.05) is 20.2 Å². The fourth-order valence-corrected chi connectivity index (χ4v) is 1.90. The van der Waals surface area contributed by atoms with E-state index in [9.17, 15) is 0 Å². The Hall–Kier alpha value is -0.0800. The number of hydrogen-bond acceptors (Lipinski definition) is 2. The van der Waals surface area contributed by atoms with Crippen LogP contribution in [0.25, 0.3) is 0 Å². The van der Waals surface area contributed by atoms with Gasteiger partial charge in [-0.05, 0) is 11.8 Å². The first-order chi connectivity index (χ1) is 7.62. The van der Waals surface area contributed by atoms with E-state index in [1.807, 2.05) is 0 Å². The standard InChI is InChI=1S/C14H31NO/c1-5-6-7-8-9-10-14(2,3)13-15-11-12-16-4/h15H,5-13H2,1-4H3. The molecule has 0 saturated carbocycles. The van der Waals surface area contributed by atoms with Gasteiger partial charge in [0.1, 0.15) is 0 Å². The summed E-state index contributed by atoms with van der Waals surface area (Å²) in [6, 6.07) is 0. The first-order valence-electron chi connectivity index (χ1n) is 6.82. The number of unbranched alkanes of at least 4 members (excludes halogenated alkanes) is 4. The van der Waals surface area contributed by atoms with Crippen LogP contribution in [0.2, 0.25) is 0 Å². The van der Waals surface area contributed by atoms with E-state index in [0.29, 0.717) is 5.41 Å². The normalized spacial score (nSPS) is 12.0. The lowest BCUT2D eigenvalue weighted by atomic mass is 9.86. The van der Waals surface area contributed by atoms with Crippen LogP contribution < -0.4 is 5.32 Å². The molecule has 0 heterocycles. The van der Waals surface area contributed by atoms with Crippen molar-refractivity contribution in [2.75, 3.05) is 26.8 Å². The highest BCUT2D eigenvalue weighted by Crippen LogP contribution is 2.22. The molecule has 0 atom stereocenters. The van der Waals surface area contributed by atoms with Crippen LogP contribution in [0.3, 0.4) is 0 Å². The molecule has 0 radical (unpaired) electrons. The molecule has 98 valence electrons. The summed E-state index contributed by atoms with van der Waals surface area (Å²) in [5.41, 5.74) is 0.431. The van der Waals surface area contributed by atoms with Crippen LogP contribution >= 0.6 is 0 Å². The van der Waals surface area contributed by atoms with Crippen molar-refractivity contribution in [2.45, 2.75) is 59.3 Å². The van der Waals surface area contributed by atoms with E-state index >= 15 is 0 Å². The highest BCUT2D eigenvalue weighted by molar-refractivity contribution is 4.71. The third-order valence-corrected chi connectivity index (χ3v) is 3.04. The minimum atomic E-state index is 0.431. The second-order valence-corrected chi connectivity index (χ2v) is 5.50. The van der Waals surface area contributed by atoms with Crippen LogP contribution in [-0.4, -0.2) is 26.8 Å². The van der Waals surface area contributed by atoms with E-state index in [-0.39, 0.29) is 0 Å². The average Bonchev–Trinajstić information content (AvgIpc) is 2.24. The third-order valence-electron chi connectivity index (χ3n) is 3.04. The van der Waals surface area contributed by atoms with Crippen LogP contribution in [0, 0.1) is 5.41 Å². The molecular formula is C14H31NO. The Kier molecular flexibility index (Phi) is 10.0. The fraction of sp³-hybridized carbons (Fsp3) is 1.00. The van der Waals surface area contributed by atoms with Crippen molar-refractivity contribution >= 4 is 0 Å². The highest BCUT2D eigenvalue weighted by Gasteiger charge is 2.16. The SMILES string of the molecule is CCCCCCCC(C)(C)CNCCOC. The van der Waals surface area contributed by atoms with E-state index in [4.69, 9.17) is 4.74 Å². The molecule has 0 spiro atoms. The molecule has 0 rings (SSSR count). The Balaban J connectivity index is 3.38. The van der Waals surface area contributed by atoms with Gasteiger partial charge >= 0.3 is 0 Å². The van der Waals surface area contributed by atoms with Gasteiger partial charge in [0.25, 0.3) is 0 Å². The lowest BCUT2D eigenvalue weighted by Crippen LogP contribution is -2.31. The van der Waals surface area contributed by atoms with Gasteiger partial charge in [-0.25, -0.2) is 0 Å². The summed E-state index contributed by atoms with van der Waals surface area (Å²) >= 11 is 0. The van der Waals surface area contributed by atoms with Crippen molar-refractivity contribution in [2.24, 2.45) is 5.41 Å². The number of rotatable bonds is 11. The second kappa shape index (κ2) is 10.1. The van der Waals surface area contributed by atoms with Crippen LogP contribution in [0.1, 0.15) is 59.3 Å². The Morgan fingerprint density at radius 3 is 2.38 bits per heavy atom. The number of methoxy groups -OCH3 is 1. The summed E-state index contributed by atoms with van der Waals surface area (Å²) in [7, 11) is 1.75. The quantitative estimate of drug-likeness (QED) is 0.546. The number of ether oxygens (including phenoxy) is 1. The van der Waals surface area contributed by atoms with Gasteiger partial charge in [-0.2, -0.15) is 0 Å². The Bertz CT molecular complexity index is 146. The molecule has 0 aliphatic heterocycles. The zero-order valence-electron chi connectivity index (χ0n) is 11.8. The van der Waals surface area contributed by atoms with Crippen LogP contribution in [0.4, 0.5) is 0 Å². The van der Waals surface area contributed by atoms with Crippen molar-refractivity contribution in [3.8, 4) is 0 Å². The first-order valence-corrected chi connectivity index (χ1v) is 6.82. The van der Waals surface area contributed by atoms with Gasteiger partial charge in [0.2, 0.25) is 0 Å². The molecule has 0 saturated heterocycles. The predicted octanol–water partition coefficient (Wildman–Crippen LogP) is 3.61. The summed E-state index contributed by atoms with van der Waals surface area (Å²) < 4.78 is 5.02. The third kappa shape index (κ3) is 10.4. The topological polar surface area (TPSA) is 21.3 Å². The molecule has 0 aromatic rings. The molecule has 0 aliphatic carbocycles. The van der Waals surface area contributed by atoms with Crippen LogP contribution in [0.15, 0.2) is 0 Å². The largest absolute Gasteiger partial charge is 0.383 e. The minimum Gasteiger partial charge on any atom is -0.383 e. The van der Waals surface area contributed by atoms with Crippen LogP contribution in [-0.2, 0) is 4.74 Å². The molecule has 1 N–H and O–H groups in total. The van der Waals surface area contributed by atoms with Gasteiger partial charge in [0.05, 0.1) is 6.61 Å². The molecule has 0 amide bonds. The Morgan fingerprint density at radius 1 is 1.06 bits per heavy atom. The predicted molar refractivity (Wildman–Crippen MR) is 71.9 cm³/mol. The minimum absolute atomic E-state index is 0.431. The molecule has 0 aromatic carbocycles. The smallest absolute Gasteiger partial charge is 0.0587 e. The monoisotopic (exact) mass is 229 g/mol. The van der Waals surface area contributed by atoms with Crippen molar-refractivity contribution in [3.63, 3.8) is 0 Å². The van der Waals surface area contributed by atoms with Crippen molar-refractivity contribution < 1.29 is 4.74 Å². The lowest BCUT2D eigenvalue weighted by molar-refractivity contribution is 0.192.